The molecule has 0 spiro atoms. The number of hydrogen-bond acceptors (Lipinski definition) is 5. The highest BCUT2D eigenvalue weighted by molar-refractivity contribution is 8.40. The third-order valence-electron chi connectivity index (χ3n) is 1.46. The van der Waals surface area contributed by atoms with Gasteiger partial charge in [0, 0.05) is 5.75 Å². The monoisotopic (exact) mass is 265 g/mol. The van der Waals surface area contributed by atoms with Crippen molar-refractivity contribution in [3.05, 3.63) is 17.5 Å². The summed E-state index contributed by atoms with van der Waals surface area (Å²) in [5.41, 5.74) is 0. The zero-order valence-electron chi connectivity index (χ0n) is 7.04. The van der Waals surface area contributed by atoms with Crippen LogP contribution >= 0.6 is 34.9 Å². The highest BCUT2D eigenvalue weighted by Gasteiger charge is 2.18. The fraction of sp³-hybridized carbons (Fsp3) is 0.286. The SMILES string of the molecule is O=S1(=O)CCSC(Sc2cccs2)=N1. The number of thiophene rings is 1. The van der Waals surface area contributed by atoms with Crippen LogP contribution in [0.3, 0.4) is 0 Å². The van der Waals surface area contributed by atoms with E-state index in [1.54, 1.807) is 11.3 Å². The van der Waals surface area contributed by atoms with Crippen molar-refractivity contribution in [1.29, 1.82) is 0 Å². The second-order valence-corrected chi connectivity index (χ2v) is 7.86. The van der Waals surface area contributed by atoms with E-state index in [2.05, 4.69) is 4.40 Å². The number of sulfonamides is 1. The van der Waals surface area contributed by atoms with Crippen LogP contribution in [0, 0.1) is 0 Å². The number of hydrogen-bond donors (Lipinski definition) is 0. The van der Waals surface area contributed by atoms with E-state index in [4.69, 9.17) is 0 Å². The Morgan fingerprint density at radius 1 is 1.50 bits per heavy atom. The number of thioether (sulfide) groups is 2. The molecule has 0 fully saturated rings. The first-order chi connectivity index (χ1) is 6.66. The minimum Gasteiger partial charge on any atom is -0.205 e. The van der Waals surface area contributed by atoms with Crippen LogP contribution in [0.25, 0.3) is 0 Å². The van der Waals surface area contributed by atoms with E-state index in [9.17, 15) is 8.42 Å². The van der Waals surface area contributed by atoms with Crippen LogP contribution in [-0.4, -0.2) is 24.3 Å². The molecule has 7 heteroatoms. The van der Waals surface area contributed by atoms with Crippen molar-refractivity contribution in [3.8, 4) is 0 Å². The molecule has 0 aliphatic carbocycles. The van der Waals surface area contributed by atoms with Crippen molar-refractivity contribution in [3.63, 3.8) is 0 Å². The molecule has 0 bridgehead atoms. The minimum absolute atomic E-state index is 0.159. The summed E-state index contributed by atoms with van der Waals surface area (Å²) < 4.78 is 27.8. The van der Waals surface area contributed by atoms with Gasteiger partial charge in [0.15, 0.2) is 0 Å². The van der Waals surface area contributed by atoms with Gasteiger partial charge in [0.25, 0.3) is 10.0 Å². The van der Waals surface area contributed by atoms with Gasteiger partial charge in [-0.05, 0) is 11.4 Å². The van der Waals surface area contributed by atoms with E-state index in [0.717, 1.165) is 4.21 Å². The molecule has 14 heavy (non-hydrogen) atoms. The number of nitrogens with zero attached hydrogens (tertiary/aromatic N) is 1. The molecule has 0 unspecified atom stereocenters. The molecule has 1 aromatic heterocycles. The Hall–Kier alpha value is 0.0200. The molecule has 0 saturated heterocycles. The largest absolute Gasteiger partial charge is 0.255 e. The summed E-state index contributed by atoms with van der Waals surface area (Å²) in [7, 11) is -3.18. The fourth-order valence-corrected chi connectivity index (χ4v) is 5.86. The van der Waals surface area contributed by atoms with Crippen molar-refractivity contribution in [2.24, 2.45) is 4.40 Å². The summed E-state index contributed by atoms with van der Waals surface area (Å²) in [4.78, 5) is 0. The van der Waals surface area contributed by atoms with Crippen LogP contribution < -0.4 is 0 Å². The molecular formula is C7H7NO2S4. The molecule has 0 radical (unpaired) electrons. The van der Waals surface area contributed by atoms with Gasteiger partial charge in [0.05, 0.1) is 9.96 Å². The summed E-state index contributed by atoms with van der Waals surface area (Å²) in [6, 6.07) is 3.90. The molecule has 2 rings (SSSR count). The first-order valence-corrected chi connectivity index (χ1v) is 8.12. The van der Waals surface area contributed by atoms with E-state index < -0.39 is 10.0 Å². The van der Waals surface area contributed by atoms with Crippen LogP contribution in [0.1, 0.15) is 0 Å². The maximum atomic E-state index is 11.2. The zero-order chi connectivity index (χ0) is 10.0. The predicted molar refractivity (Wildman–Crippen MR) is 63.9 cm³/mol. The Morgan fingerprint density at radius 3 is 3.00 bits per heavy atom. The van der Waals surface area contributed by atoms with Gasteiger partial charge < -0.3 is 0 Å². The maximum absolute atomic E-state index is 11.2. The fourth-order valence-electron chi connectivity index (χ4n) is 0.876. The molecule has 0 N–H and O–H groups in total. The van der Waals surface area contributed by atoms with Crippen molar-refractivity contribution < 1.29 is 8.42 Å². The normalized spacial score (nSPS) is 20.4. The first-order valence-electron chi connectivity index (χ1n) is 3.82. The molecule has 1 aromatic rings. The second-order valence-electron chi connectivity index (χ2n) is 2.53. The molecule has 2 heterocycles. The molecule has 0 amide bonds. The van der Waals surface area contributed by atoms with Crippen LogP contribution in [-0.2, 0) is 10.0 Å². The van der Waals surface area contributed by atoms with Crippen LogP contribution in [0.4, 0.5) is 0 Å². The number of rotatable bonds is 1. The van der Waals surface area contributed by atoms with Crippen molar-refractivity contribution >= 4 is 49.3 Å². The van der Waals surface area contributed by atoms with E-state index in [1.807, 2.05) is 17.5 Å². The Kier molecular flexibility index (Phi) is 3.20. The lowest BCUT2D eigenvalue weighted by molar-refractivity contribution is 0.599. The van der Waals surface area contributed by atoms with E-state index in [0.29, 0.717) is 10.1 Å². The lowest BCUT2D eigenvalue weighted by Gasteiger charge is -2.09. The third-order valence-corrected chi connectivity index (χ3v) is 6.29. The summed E-state index contributed by atoms with van der Waals surface area (Å²) in [6.45, 7) is 0. The maximum Gasteiger partial charge on any atom is 0.255 e. The Labute approximate surface area is 95.1 Å². The third kappa shape index (κ3) is 2.75. The van der Waals surface area contributed by atoms with Gasteiger partial charge in [-0.1, -0.05) is 29.6 Å². The van der Waals surface area contributed by atoms with E-state index >= 15 is 0 Å². The zero-order valence-corrected chi connectivity index (χ0v) is 10.3. The lowest BCUT2D eigenvalue weighted by Crippen LogP contribution is -2.12. The smallest absolute Gasteiger partial charge is 0.205 e. The quantitative estimate of drug-likeness (QED) is 0.781. The van der Waals surface area contributed by atoms with Gasteiger partial charge in [0.2, 0.25) is 0 Å². The van der Waals surface area contributed by atoms with Gasteiger partial charge in [-0.3, -0.25) is 0 Å². The molecular weight excluding hydrogens is 258 g/mol. The highest BCUT2D eigenvalue weighted by Crippen LogP contribution is 2.32. The van der Waals surface area contributed by atoms with Crippen molar-refractivity contribution in [2.75, 3.05) is 11.5 Å². The Bertz CT molecular complexity index is 434. The standard InChI is InChI=1S/C7H7NO2S4/c9-14(10)5-4-12-7(8-14)13-6-2-1-3-11-6/h1-3H,4-5H2. The van der Waals surface area contributed by atoms with Crippen LogP contribution in [0.2, 0.25) is 0 Å². The topological polar surface area (TPSA) is 46.5 Å². The molecule has 1 aliphatic heterocycles. The first kappa shape index (κ1) is 10.5. The van der Waals surface area contributed by atoms with Crippen molar-refractivity contribution in [2.45, 2.75) is 4.21 Å². The lowest BCUT2D eigenvalue weighted by atomic mass is 10.7. The predicted octanol–water partition coefficient (Wildman–Crippen LogP) is 2.27. The molecule has 0 atom stereocenters. The van der Waals surface area contributed by atoms with Gasteiger partial charge >= 0.3 is 0 Å². The average molecular weight is 265 g/mol. The molecule has 0 aromatic carbocycles. The second kappa shape index (κ2) is 4.26. The highest BCUT2D eigenvalue weighted by atomic mass is 32.2. The van der Waals surface area contributed by atoms with Crippen molar-refractivity contribution in [1.82, 2.24) is 0 Å². The summed E-state index contributed by atoms with van der Waals surface area (Å²) >= 11 is 4.52. The van der Waals surface area contributed by atoms with E-state index in [1.165, 1.54) is 23.5 Å². The molecule has 0 saturated carbocycles. The average Bonchev–Trinajstić information content (AvgIpc) is 2.54. The summed E-state index contributed by atoms with van der Waals surface area (Å²) in [5.74, 6) is 0.770. The summed E-state index contributed by atoms with van der Waals surface area (Å²) in [6.07, 6.45) is 0. The van der Waals surface area contributed by atoms with Gasteiger partial charge in [-0.2, -0.15) is 0 Å². The van der Waals surface area contributed by atoms with Crippen LogP contribution in [0.5, 0.6) is 0 Å². The molecule has 1 aliphatic rings. The summed E-state index contributed by atoms with van der Waals surface area (Å²) in [5, 5.41) is 1.96. The van der Waals surface area contributed by atoms with E-state index in [-0.39, 0.29) is 5.75 Å². The minimum atomic E-state index is -3.18. The van der Waals surface area contributed by atoms with Gasteiger partial charge in [-0.15, -0.1) is 15.7 Å². The molecule has 3 nitrogen and oxygen atoms in total. The van der Waals surface area contributed by atoms with Gasteiger partial charge in [0.1, 0.15) is 4.38 Å². The molecule has 76 valence electrons. The van der Waals surface area contributed by atoms with Crippen LogP contribution in [0.15, 0.2) is 26.1 Å². The van der Waals surface area contributed by atoms with Gasteiger partial charge in [-0.25, -0.2) is 8.42 Å². The Balaban J connectivity index is 2.16. The Morgan fingerprint density at radius 2 is 2.36 bits per heavy atom.